The van der Waals surface area contributed by atoms with Gasteiger partial charge in [0.15, 0.2) is 0 Å². The Kier molecular flexibility index (Phi) is 3.33. The van der Waals surface area contributed by atoms with Crippen LogP contribution < -0.4 is 22.2 Å². The van der Waals surface area contributed by atoms with E-state index in [0.717, 1.165) is 22.7 Å². The monoisotopic (exact) mass is 338 g/mol. The molecule has 0 atom stereocenters. The predicted molar refractivity (Wildman–Crippen MR) is 90.2 cm³/mol. The fraction of sp³-hybridized carbons (Fsp3) is 0.429. The molecule has 0 spiro atoms. The van der Waals surface area contributed by atoms with Crippen molar-refractivity contribution in [1.29, 1.82) is 0 Å². The molecule has 0 aliphatic carbocycles. The van der Waals surface area contributed by atoms with Crippen molar-refractivity contribution in [1.82, 2.24) is 9.13 Å². The number of rotatable bonds is 2. The average Bonchev–Trinajstić information content (AvgIpc) is 2.82. The summed E-state index contributed by atoms with van der Waals surface area (Å²) in [6.07, 6.45) is 0. The van der Waals surface area contributed by atoms with Gasteiger partial charge in [0.05, 0.1) is 0 Å². The molecule has 0 unspecified atom stereocenters. The molecule has 3 aromatic rings. The Morgan fingerprint density at radius 3 is 1.00 bits per heavy atom. The molecule has 0 aromatic carbocycles. The Morgan fingerprint density at radius 1 is 0.591 bits per heavy atom. The molecular formula is C14H14N2O4S2. The SMILES string of the molecule is CC(C)n1c(=O)c2sc3c(=O)n(C(C)C)c(=O)c3sc2c1=O. The highest BCUT2D eigenvalue weighted by atomic mass is 32.1. The van der Waals surface area contributed by atoms with Crippen molar-refractivity contribution >= 4 is 41.5 Å². The summed E-state index contributed by atoms with van der Waals surface area (Å²) in [6.45, 7) is 7.01. The van der Waals surface area contributed by atoms with Crippen LogP contribution in [0.25, 0.3) is 18.8 Å². The number of nitrogens with zero attached hydrogens (tertiary/aromatic N) is 2. The van der Waals surface area contributed by atoms with E-state index < -0.39 is 0 Å². The lowest BCUT2D eigenvalue weighted by molar-refractivity contribution is 0.574. The highest BCUT2D eigenvalue weighted by Gasteiger charge is 2.22. The van der Waals surface area contributed by atoms with E-state index in [-0.39, 0.29) is 53.1 Å². The third kappa shape index (κ3) is 1.83. The van der Waals surface area contributed by atoms with Crippen molar-refractivity contribution in [3.8, 4) is 0 Å². The molecule has 0 fully saturated rings. The minimum absolute atomic E-state index is 0.259. The lowest BCUT2D eigenvalue weighted by atomic mass is 10.4. The number of fused-ring (bicyclic) bond motifs is 2. The normalized spacial score (nSPS) is 12.3. The van der Waals surface area contributed by atoms with Gasteiger partial charge in [-0.2, -0.15) is 0 Å². The second-order valence-electron chi connectivity index (χ2n) is 5.67. The van der Waals surface area contributed by atoms with Crippen molar-refractivity contribution in [2.75, 3.05) is 0 Å². The number of aromatic nitrogens is 2. The summed E-state index contributed by atoms with van der Waals surface area (Å²) >= 11 is 1.91. The second kappa shape index (κ2) is 4.85. The molecule has 0 N–H and O–H groups in total. The minimum atomic E-state index is -0.387. The fourth-order valence-electron chi connectivity index (χ4n) is 2.51. The first kappa shape index (κ1) is 15.1. The molecule has 0 aliphatic rings. The van der Waals surface area contributed by atoms with Crippen LogP contribution in [0.5, 0.6) is 0 Å². The Labute approximate surface area is 132 Å². The van der Waals surface area contributed by atoms with Crippen LogP contribution in [0.3, 0.4) is 0 Å². The van der Waals surface area contributed by atoms with Crippen molar-refractivity contribution < 1.29 is 0 Å². The molecule has 8 heteroatoms. The molecule has 6 nitrogen and oxygen atoms in total. The van der Waals surface area contributed by atoms with E-state index in [2.05, 4.69) is 0 Å². The Balaban J connectivity index is 2.58. The zero-order valence-electron chi connectivity index (χ0n) is 12.5. The molecule has 3 aromatic heterocycles. The Morgan fingerprint density at radius 2 is 0.818 bits per heavy atom. The van der Waals surface area contributed by atoms with E-state index >= 15 is 0 Å². The Bertz CT molecular complexity index is 950. The zero-order valence-corrected chi connectivity index (χ0v) is 14.1. The van der Waals surface area contributed by atoms with Crippen LogP contribution in [0.4, 0.5) is 0 Å². The van der Waals surface area contributed by atoms with Gasteiger partial charge in [0.25, 0.3) is 22.2 Å². The first-order valence-electron chi connectivity index (χ1n) is 6.85. The lowest BCUT2D eigenvalue weighted by Crippen LogP contribution is -2.27. The van der Waals surface area contributed by atoms with Crippen LogP contribution in [0.15, 0.2) is 19.2 Å². The molecule has 0 bridgehead atoms. The summed E-state index contributed by atoms with van der Waals surface area (Å²) in [5, 5.41) is 0. The van der Waals surface area contributed by atoms with Gasteiger partial charge in [-0.05, 0) is 27.7 Å². The lowest BCUT2D eigenvalue weighted by Gasteiger charge is -2.01. The molecule has 116 valence electrons. The van der Waals surface area contributed by atoms with E-state index in [0.29, 0.717) is 0 Å². The first-order valence-corrected chi connectivity index (χ1v) is 8.49. The molecule has 0 saturated heterocycles. The molecule has 3 rings (SSSR count). The summed E-state index contributed by atoms with van der Waals surface area (Å²) in [5.41, 5.74) is -1.55. The smallest absolute Gasteiger partial charge is 0.270 e. The topological polar surface area (TPSA) is 78.1 Å². The molecule has 0 aliphatic heterocycles. The molecule has 0 saturated carbocycles. The maximum absolute atomic E-state index is 12.4. The van der Waals surface area contributed by atoms with Gasteiger partial charge in [-0.3, -0.25) is 28.3 Å². The van der Waals surface area contributed by atoms with E-state index in [9.17, 15) is 19.2 Å². The second-order valence-corrected chi connectivity index (χ2v) is 7.71. The van der Waals surface area contributed by atoms with Crippen LogP contribution in [0, 0.1) is 0 Å². The third-order valence-corrected chi connectivity index (χ3v) is 6.10. The fourth-order valence-corrected chi connectivity index (χ4v) is 4.88. The van der Waals surface area contributed by atoms with Crippen molar-refractivity contribution in [2.24, 2.45) is 0 Å². The largest absolute Gasteiger partial charge is 0.272 e. The summed E-state index contributed by atoms with van der Waals surface area (Å²) in [4.78, 5) is 49.5. The molecule has 22 heavy (non-hydrogen) atoms. The van der Waals surface area contributed by atoms with E-state index in [4.69, 9.17) is 0 Å². The van der Waals surface area contributed by atoms with Gasteiger partial charge >= 0.3 is 0 Å². The molecule has 0 radical (unpaired) electrons. The van der Waals surface area contributed by atoms with Crippen LogP contribution in [-0.2, 0) is 0 Å². The summed E-state index contributed by atoms with van der Waals surface area (Å²) in [5.74, 6) is 0. The number of hydrogen-bond acceptors (Lipinski definition) is 6. The molecule has 0 amide bonds. The van der Waals surface area contributed by atoms with Crippen LogP contribution in [0.1, 0.15) is 39.8 Å². The van der Waals surface area contributed by atoms with E-state index in [1.54, 1.807) is 27.7 Å². The number of hydrogen-bond donors (Lipinski definition) is 0. The van der Waals surface area contributed by atoms with Crippen LogP contribution in [0.2, 0.25) is 0 Å². The first-order chi connectivity index (χ1) is 10.3. The van der Waals surface area contributed by atoms with Gasteiger partial charge in [0.2, 0.25) is 0 Å². The quantitative estimate of drug-likeness (QED) is 0.713. The van der Waals surface area contributed by atoms with Gasteiger partial charge < -0.3 is 0 Å². The van der Waals surface area contributed by atoms with Gasteiger partial charge in [0.1, 0.15) is 18.8 Å². The van der Waals surface area contributed by atoms with E-state index in [1.165, 1.54) is 9.13 Å². The van der Waals surface area contributed by atoms with Crippen molar-refractivity contribution in [2.45, 2.75) is 39.8 Å². The average molecular weight is 338 g/mol. The minimum Gasteiger partial charge on any atom is -0.270 e. The summed E-state index contributed by atoms with van der Waals surface area (Å²) < 4.78 is 3.37. The van der Waals surface area contributed by atoms with Gasteiger partial charge in [-0.25, -0.2) is 0 Å². The van der Waals surface area contributed by atoms with Crippen LogP contribution >= 0.6 is 22.7 Å². The van der Waals surface area contributed by atoms with Crippen molar-refractivity contribution in [3.05, 3.63) is 41.4 Å². The molecular weight excluding hydrogens is 324 g/mol. The van der Waals surface area contributed by atoms with Crippen LogP contribution in [-0.4, -0.2) is 9.13 Å². The summed E-state index contributed by atoms with van der Waals surface area (Å²) in [6, 6.07) is -0.527. The highest BCUT2D eigenvalue weighted by molar-refractivity contribution is 7.36. The van der Waals surface area contributed by atoms with E-state index in [1.807, 2.05) is 0 Å². The maximum Gasteiger partial charge on any atom is 0.272 e. The van der Waals surface area contributed by atoms with Crippen molar-refractivity contribution in [3.63, 3.8) is 0 Å². The standard InChI is InChI=1S/C14H14N2O4S2/c1-5(2)15-11(17)7-8(12(15)18)22-10-9(21-7)13(19)16(6(3)4)14(10)20/h5-6H,1-4H3. The third-order valence-electron chi connectivity index (χ3n) is 3.51. The zero-order chi connectivity index (χ0) is 16.3. The molecule has 3 heterocycles. The Hall–Kier alpha value is -1.80. The van der Waals surface area contributed by atoms with Gasteiger partial charge in [0, 0.05) is 12.1 Å². The predicted octanol–water partition coefficient (Wildman–Crippen LogP) is 1.76. The van der Waals surface area contributed by atoms with Gasteiger partial charge in [-0.1, -0.05) is 0 Å². The highest BCUT2D eigenvalue weighted by Crippen LogP contribution is 2.26. The summed E-state index contributed by atoms with van der Waals surface area (Å²) in [7, 11) is 0. The van der Waals surface area contributed by atoms with Gasteiger partial charge in [-0.15, -0.1) is 22.7 Å². The maximum atomic E-state index is 12.4.